The van der Waals surface area contributed by atoms with Crippen LogP contribution in [0, 0.1) is 11.6 Å². The molecule has 3 rings (SSSR count). The molecule has 1 atom stereocenters. The number of hydrazone groups is 1. The summed E-state index contributed by atoms with van der Waals surface area (Å²) < 4.78 is 26.1. The Hall–Kier alpha value is -3.82. The number of carbonyl (C=O) groups is 2. The number of aromatic hydroxyl groups is 1. The van der Waals surface area contributed by atoms with Gasteiger partial charge in [0.25, 0.3) is 5.91 Å². The van der Waals surface area contributed by atoms with Crippen molar-refractivity contribution in [2.75, 3.05) is 5.32 Å². The van der Waals surface area contributed by atoms with Crippen LogP contribution in [0.25, 0.3) is 0 Å². The molecule has 1 heterocycles. The summed E-state index contributed by atoms with van der Waals surface area (Å²) in [4.78, 5) is 27.9. The zero-order valence-corrected chi connectivity index (χ0v) is 14.3. The molecule has 0 aliphatic carbocycles. The lowest BCUT2D eigenvalue weighted by molar-refractivity contribution is -0.123. The maximum Gasteiger partial charge on any atom is 0.252 e. The number of halogens is 2. The maximum absolute atomic E-state index is 13.2. The van der Waals surface area contributed by atoms with Gasteiger partial charge in [0.2, 0.25) is 11.9 Å². The summed E-state index contributed by atoms with van der Waals surface area (Å²) in [5.74, 6) is -2.99. The van der Waals surface area contributed by atoms with Gasteiger partial charge in [-0.3, -0.25) is 14.9 Å². The van der Waals surface area contributed by atoms with Gasteiger partial charge < -0.3 is 10.4 Å². The van der Waals surface area contributed by atoms with Gasteiger partial charge in [-0.2, -0.15) is 5.10 Å². The van der Waals surface area contributed by atoms with Crippen LogP contribution in [-0.4, -0.2) is 35.1 Å². The van der Waals surface area contributed by atoms with Crippen LogP contribution in [0.2, 0.25) is 0 Å². The lowest BCUT2D eigenvalue weighted by atomic mass is 10.2. The number of benzene rings is 2. The van der Waals surface area contributed by atoms with Gasteiger partial charge in [-0.25, -0.2) is 19.2 Å². The first-order valence-electron chi connectivity index (χ1n) is 8.12. The molecule has 144 valence electrons. The third kappa shape index (κ3) is 4.87. The summed E-state index contributed by atoms with van der Waals surface area (Å²) >= 11 is 0. The van der Waals surface area contributed by atoms with Crippen LogP contribution in [0.5, 0.6) is 5.75 Å². The van der Waals surface area contributed by atoms with Gasteiger partial charge in [0.15, 0.2) is 11.6 Å². The SMILES string of the molecule is O=C(C[C@H]1N=C(N/N=C\c2ccc(O)cc2)NC1=O)Nc1ccc(F)c(F)c1. The van der Waals surface area contributed by atoms with E-state index in [1.54, 1.807) is 12.1 Å². The second-order valence-corrected chi connectivity index (χ2v) is 5.83. The summed E-state index contributed by atoms with van der Waals surface area (Å²) in [5.41, 5.74) is 3.32. The number of nitrogens with zero attached hydrogens (tertiary/aromatic N) is 2. The van der Waals surface area contributed by atoms with Crippen LogP contribution in [0.1, 0.15) is 12.0 Å². The first-order valence-corrected chi connectivity index (χ1v) is 8.12. The minimum atomic E-state index is -1.09. The van der Waals surface area contributed by atoms with Gasteiger partial charge in [-0.05, 0) is 42.0 Å². The molecule has 0 aromatic heterocycles. The fourth-order valence-electron chi connectivity index (χ4n) is 2.33. The average Bonchev–Trinajstić information content (AvgIpc) is 2.99. The first kappa shape index (κ1) is 19.0. The lowest BCUT2D eigenvalue weighted by Gasteiger charge is -2.07. The monoisotopic (exact) mass is 387 g/mol. The molecular weight excluding hydrogens is 372 g/mol. The normalized spacial score (nSPS) is 16.0. The number of carbonyl (C=O) groups excluding carboxylic acids is 2. The number of amides is 2. The molecule has 4 N–H and O–H groups in total. The Labute approximate surface area is 158 Å². The molecule has 1 aliphatic heterocycles. The molecule has 2 aromatic rings. The number of phenolic OH excluding ortho intramolecular Hbond substituents is 1. The van der Waals surface area contributed by atoms with E-state index in [0.29, 0.717) is 5.56 Å². The standard InChI is InChI=1S/C18H15F2N5O3/c19-13-6-3-11(7-14(13)20)22-16(27)8-15-17(28)24-18(23-15)25-21-9-10-1-4-12(26)5-2-10/h1-7,9,15,26H,8H2,(H,22,27)(H2,23,24,25,28)/b21-9-/t15-/m1/s1. The van der Waals surface area contributed by atoms with E-state index in [1.807, 2.05) is 0 Å². The first-order chi connectivity index (χ1) is 13.4. The number of phenols is 1. The van der Waals surface area contributed by atoms with Crippen LogP contribution in [0.4, 0.5) is 14.5 Å². The van der Waals surface area contributed by atoms with Gasteiger partial charge in [0.05, 0.1) is 12.6 Å². The highest BCUT2D eigenvalue weighted by Gasteiger charge is 2.28. The van der Waals surface area contributed by atoms with Gasteiger partial charge in [-0.15, -0.1) is 0 Å². The number of anilines is 1. The highest BCUT2D eigenvalue weighted by Crippen LogP contribution is 2.14. The molecule has 0 bridgehead atoms. The highest BCUT2D eigenvalue weighted by atomic mass is 19.2. The number of aliphatic imine (C=N–C) groups is 1. The Kier molecular flexibility index (Phi) is 5.58. The average molecular weight is 387 g/mol. The van der Waals surface area contributed by atoms with Crippen molar-refractivity contribution in [2.45, 2.75) is 12.5 Å². The van der Waals surface area contributed by atoms with E-state index in [-0.39, 0.29) is 23.8 Å². The van der Waals surface area contributed by atoms with Gasteiger partial charge >= 0.3 is 0 Å². The van der Waals surface area contributed by atoms with Crippen LogP contribution >= 0.6 is 0 Å². The number of rotatable bonds is 5. The third-order valence-corrected chi connectivity index (χ3v) is 3.69. The largest absolute Gasteiger partial charge is 0.508 e. The number of nitrogens with one attached hydrogen (secondary N) is 3. The molecule has 10 heteroatoms. The molecule has 1 aliphatic rings. The van der Waals surface area contributed by atoms with Crippen LogP contribution in [0.3, 0.4) is 0 Å². The molecule has 0 spiro atoms. The molecule has 8 nitrogen and oxygen atoms in total. The summed E-state index contributed by atoms with van der Waals surface area (Å²) in [6.45, 7) is 0. The van der Waals surface area contributed by atoms with Crippen molar-refractivity contribution in [2.24, 2.45) is 10.1 Å². The Balaban J connectivity index is 1.54. The van der Waals surface area contributed by atoms with Crippen molar-refractivity contribution in [1.82, 2.24) is 10.7 Å². The van der Waals surface area contributed by atoms with E-state index in [9.17, 15) is 23.5 Å². The Bertz CT molecular complexity index is 960. The van der Waals surface area contributed by atoms with Gasteiger partial charge in [0.1, 0.15) is 11.8 Å². The van der Waals surface area contributed by atoms with Gasteiger partial charge in [-0.1, -0.05) is 0 Å². The van der Waals surface area contributed by atoms with Gasteiger partial charge in [0, 0.05) is 11.8 Å². The summed E-state index contributed by atoms with van der Waals surface area (Å²) in [6.07, 6.45) is 1.18. The molecule has 2 aromatic carbocycles. The molecule has 0 fully saturated rings. The smallest absolute Gasteiger partial charge is 0.252 e. The van der Waals surface area contributed by atoms with Crippen LogP contribution in [-0.2, 0) is 9.59 Å². The fourth-order valence-corrected chi connectivity index (χ4v) is 2.33. The van der Waals surface area contributed by atoms with Crippen LogP contribution < -0.4 is 16.1 Å². The summed E-state index contributed by atoms with van der Waals surface area (Å²) in [6, 6.07) is 8.24. The molecule has 2 amide bonds. The van der Waals surface area contributed by atoms with Crippen molar-refractivity contribution in [3.8, 4) is 5.75 Å². The highest BCUT2D eigenvalue weighted by molar-refractivity contribution is 6.07. The lowest BCUT2D eigenvalue weighted by Crippen LogP contribution is -2.35. The summed E-state index contributed by atoms with van der Waals surface area (Å²) in [5, 5.41) is 17.9. The maximum atomic E-state index is 13.2. The Morgan fingerprint density at radius 2 is 1.96 bits per heavy atom. The molecule has 0 unspecified atom stereocenters. The van der Waals surface area contributed by atoms with E-state index in [1.165, 1.54) is 24.4 Å². The Morgan fingerprint density at radius 3 is 2.68 bits per heavy atom. The minimum absolute atomic E-state index is 0.0723. The van der Waals surface area contributed by atoms with E-state index in [0.717, 1.165) is 12.1 Å². The molecule has 28 heavy (non-hydrogen) atoms. The number of hydrogen-bond donors (Lipinski definition) is 4. The summed E-state index contributed by atoms with van der Waals surface area (Å²) in [7, 11) is 0. The minimum Gasteiger partial charge on any atom is -0.508 e. The van der Waals surface area contributed by atoms with Crippen molar-refractivity contribution >= 4 is 29.7 Å². The molecular formula is C18H15F2N5O3. The third-order valence-electron chi connectivity index (χ3n) is 3.69. The van der Waals surface area contributed by atoms with E-state index < -0.39 is 29.5 Å². The topological polar surface area (TPSA) is 115 Å². The van der Waals surface area contributed by atoms with Crippen molar-refractivity contribution < 1.29 is 23.5 Å². The fraction of sp³-hybridized carbons (Fsp3) is 0.111. The van der Waals surface area contributed by atoms with Crippen molar-refractivity contribution in [3.63, 3.8) is 0 Å². The molecule has 0 saturated heterocycles. The van der Waals surface area contributed by atoms with E-state index in [4.69, 9.17) is 0 Å². The zero-order chi connectivity index (χ0) is 20.1. The number of guanidine groups is 1. The van der Waals surface area contributed by atoms with Crippen LogP contribution in [0.15, 0.2) is 52.6 Å². The second-order valence-electron chi connectivity index (χ2n) is 5.83. The van der Waals surface area contributed by atoms with Crippen molar-refractivity contribution in [3.05, 3.63) is 59.7 Å². The van der Waals surface area contributed by atoms with E-state index in [2.05, 4.69) is 26.2 Å². The zero-order valence-electron chi connectivity index (χ0n) is 14.3. The number of hydrogen-bond acceptors (Lipinski definition) is 6. The molecule has 0 radical (unpaired) electrons. The van der Waals surface area contributed by atoms with Crippen molar-refractivity contribution in [1.29, 1.82) is 0 Å². The molecule has 0 saturated carbocycles. The van der Waals surface area contributed by atoms with E-state index >= 15 is 0 Å². The Morgan fingerprint density at radius 1 is 1.21 bits per heavy atom. The quantitative estimate of drug-likeness (QED) is 0.459. The predicted molar refractivity (Wildman–Crippen MR) is 97.8 cm³/mol. The second kappa shape index (κ2) is 8.25. The predicted octanol–water partition coefficient (Wildman–Crippen LogP) is 1.48.